The lowest BCUT2D eigenvalue weighted by molar-refractivity contribution is 0.0510. The molecule has 0 radical (unpaired) electrons. The van der Waals surface area contributed by atoms with Gasteiger partial charge in [0.15, 0.2) is 0 Å². The predicted octanol–water partition coefficient (Wildman–Crippen LogP) is 2.25. The monoisotopic (exact) mass is 259 g/mol. The van der Waals surface area contributed by atoms with Crippen LogP contribution in [0.1, 0.15) is 29.0 Å². The van der Waals surface area contributed by atoms with Crippen LogP contribution in [0, 0.1) is 0 Å². The van der Waals surface area contributed by atoms with Gasteiger partial charge < -0.3 is 14.4 Å². The van der Waals surface area contributed by atoms with E-state index >= 15 is 0 Å². The van der Waals surface area contributed by atoms with Gasteiger partial charge in [0.2, 0.25) is 0 Å². The van der Waals surface area contributed by atoms with Crippen LogP contribution in [0.4, 0.5) is 0 Å². The van der Waals surface area contributed by atoms with Crippen LogP contribution < -0.4 is 0 Å². The highest BCUT2D eigenvalue weighted by Gasteiger charge is 2.19. The number of aliphatic hydroxyl groups excluding tert-OH is 1. The Morgan fingerprint density at radius 1 is 1.26 bits per heavy atom. The van der Waals surface area contributed by atoms with E-state index in [4.69, 9.17) is 4.74 Å². The molecule has 0 aliphatic heterocycles. The second-order valence-corrected chi connectivity index (χ2v) is 4.13. The fourth-order valence-electron chi connectivity index (χ4n) is 2.07. The average Bonchev–Trinajstić information content (AvgIpc) is 2.90. The minimum Gasteiger partial charge on any atom is -0.461 e. The van der Waals surface area contributed by atoms with Crippen molar-refractivity contribution in [3.05, 3.63) is 59.9 Å². The number of aliphatic hydroxyl groups is 1. The Bertz CT molecular complexity index is 533. The molecule has 2 rings (SSSR count). The molecule has 4 heteroatoms. The number of nitrogens with zero attached hydrogens (tertiary/aromatic N) is 1. The van der Waals surface area contributed by atoms with Crippen molar-refractivity contribution >= 4 is 5.97 Å². The molecule has 19 heavy (non-hydrogen) atoms. The van der Waals surface area contributed by atoms with Gasteiger partial charge in [-0.3, -0.25) is 0 Å². The molecule has 0 saturated carbocycles. The molecule has 100 valence electrons. The highest BCUT2D eigenvalue weighted by Crippen LogP contribution is 2.20. The summed E-state index contributed by atoms with van der Waals surface area (Å²) >= 11 is 0. The van der Waals surface area contributed by atoms with Crippen molar-refractivity contribution in [1.29, 1.82) is 0 Å². The third-order valence-corrected chi connectivity index (χ3v) is 2.96. The molecular weight excluding hydrogens is 242 g/mol. The van der Waals surface area contributed by atoms with Gasteiger partial charge in [-0.15, -0.1) is 0 Å². The molecule has 1 heterocycles. The molecule has 0 bridgehead atoms. The quantitative estimate of drug-likeness (QED) is 0.838. The van der Waals surface area contributed by atoms with Crippen molar-refractivity contribution < 1.29 is 14.6 Å². The Balaban J connectivity index is 2.35. The van der Waals surface area contributed by atoms with Gasteiger partial charge in [-0.05, 0) is 24.6 Å². The zero-order valence-electron chi connectivity index (χ0n) is 10.8. The van der Waals surface area contributed by atoms with E-state index in [1.807, 2.05) is 30.3 Å². The van der Waals surface area contributed by atoms with Crippen LogP contribution in [-0.2, 0) is 4.74 Å². The molecule has 0 fully saturated rings. The highest BCUT2D eigenvalue weighted by molar-refractivity contribution is 5.87. The molecule has 0 amide bonds. The number of benzene rings is 1. The second kappa shape index (κ2) is 6.20. The molecule has 1 unspecified atom stereocenters. The van der Waals surface area contributed by atoms with E-state index in [1.54, 1.807) is 29.8 Å². The summed E-state index contributed by atoms with van der Waals surface area (Å²) in [6.07, 6.45) is 1.78. The highest BCUT2D eigenvalue weighted by atomic mass is 16.5. The SMILES string of the molecule is CCOC(=O)c1cccn1C(CO)c1ccccc1. The van der Waals surface area contributed by atoms with E-state index in [2.05, 4.69) is 0 Å². The van der Waals surface area contributed by atoms with Gasteiger partial charge in [0.05, 0.1) is 19.3 Å². The van der Waals surface area contributed by atoms with E-state index in [-0.39, 0.29) is 18.6 Å². The molecular formula is C15H17NO3. The van der Waals surface area contributed by atoms with E-state index in [1.165, 1.54) is 0 Å². The zero-order valence-corrected chi connectivity index (χ0v) is 10.8. The Morgan fingerprint density at radius 3 is 2.63 bits per heavy atom. The lowest BCUT2D eigenvalue weighted by atomic mass is 10.1. The summed E-state index contributed by atoms with van der Waals surface area (Å²) in [5, 5.41) is 9.61. The number of rotatable bonds is 5. The molecule has 4 nitrogen and oxygen atoms in total. The van der Waals surface area contributed by atoms with Crippen molar-refractivity contribution in [2.45, 2.75) is 13.0 Å². The number of aromatic nitrogens is 1. The van der Waals surface area contributed by atoms with Crippen molar-refractivity contribution in [3.63, 3.8) is 0 Å². The predicted molar refractivity (Wildman–Crippen MR) is 72.1 cm³/mol. The summed E-state index contributed by atoms with van der Waals surface area (Å²) in [5.41, 5.74) is 1.40. The Morgan fingerprint density at radius 2 is 2.00 bits per heavy atom. The maximum atomic E-state index is 11.9. The third kappa shape index (κ3) is 2.85. The molecule has 0 aliphatic carbocycles. The summed E-state index contributed by atoms with van der Waals surface area (Å²) in [6, 6.07) is 12.8. The second-order valence-electron chi connectivity index (χ2n) is 4.13. The normalized spacial score (nSPS) is 12.1. The molecule has 1 aromatic carbocycles. The minimum absolute atomic E-state index is 0.0783. The van der Waals surface area contributed by atoms with Gasteiger partial charge in [-0.1, -0.05) is 30.3 Å². The molecule has 0 spiro atoms. The third-order valence-electron chi connectivity index (χ3n) is 2.96. The number of carbonyl (C=O) groups excluding carboxylic acids is 1. The number of ether oxygens (including phenoxy) is 1. The minimum atomic E-state index is -0.373. The largest absolute Gasteiger partial charge is 0.461 e. The summed E-state index contributed by atoms with van der Waals surface area (Å²) < 4.78 is 6.76. The number of hydrogen-bond acceptors (Lipinski definition) is 3. The smallest absolute Gasteiger partial charge is 0.354 e. The first-order chi connectivity index (χ1) is 9.27. The summed E-state index contributed by atoms with van der Waals surface area (Å²) in [6.45, 7) is 2.02. The Labute approximate surface area is 112 Å². The Hall–Kier alpha value is -2.07. The lowest BCUT2D eigenvalue weighted by Gasteiger charge is -2.19. The van der Waals surface area contributed by atoms with Gasteiger partial charge in [-0.25, -0.2) is 4.79 Å². The first kappa shape index (κ1) is 13.4. The summed E-state index contributed by atoms with van der Waals surface area (Å²) in [4.78, 5) is 11.9. The summed E-state index contributed by atoms with van der Waals surface area (Å²) in [5.74, 6) is -0.373. The van der Waals surface area contributed by atoms with Crippen LogP contribution in [-0.4, -0.2) is 28.9 Å². The van der Waals surface area contributed by atoms with Gasteiger partial charge in [-0.2, -0.15) is 0 Å². The van der Waals surface area contributed by atoms with Gasteiger partial charge in [0, 0.05) is 6.20 Å². The van der Waals surface area contributed by atoms with Crippen LogP contribution >= 0.6 is 0 Å². The average molecular weight is 259 g/mol. The number of carbonyl (C=O) groups is 1. The van der Waals surface area contributed by atoms with Crippen LogP contribution in [0.15, 0.2) is 48.7 Å². The van der Waals surface area contributed by atoms with Gasteiger partial charge >= 0.3 is 5.97 Å². The Kier molecular flexibility index (Phi) is 4.36. The maximum absolute atomic E-state index is 11.9. The van der Waals surface area contributed by atoms with Gasteiger partial charge in [0.25, 0.3) is 0 Å². The van der Waals surface area contributed by atoms with Crippen molar-refractivity contribution in [2.75, 3.05) is 13.2 Å². The van der Waals surface area contributed by atoms with E-state index in [0.717, 1.165) is 5.56 Å². The molecule has 2 aromatic rings. The van der Waals surface area contributed by atoms with E-state index < -0.39 is 0 Å². The first-order valence-electron chi connectivity index (χ1n) is 6.27. The van der Waals surface area contributed by atoms with Crippen molar-refractivity contribution in [3.8, 4) is 0 Å². The molecule has 1 atom stereocenters. The fourth-order valence-corrected chi connectivity index (χ4v) is 2.07. The van der Waals surface area contributed by atoms with E-state index in [9.17, 15) is 9.90 Å². The van der Waals surface area contributed by atoms with Crippen molar-refractivity contribution in [1.82, 2.24) is 4.57 Å². The maximum Gasteiger partial charge on any atom is 0.354 e. The first-order valence-corrected chi connectivity index (χ1v) is 6.27. The number of hydrogen-bond donors (Lipinski definition) is 1. The van der Waals surface area contributed by atoms with Crippen LogP contribution in [0.3, 0.4) is 0 Å². The van der Waals surface area contributed by atoms with E-state index in [0.29, 0.717) is 12.3 Å². The van der Waals surface area contributed by atoms with Gasteiger partial charge in [0.1, 0.15) is 5.69 Å². The van der Waals surface area contributed by atoms with Crippen LogP contribution in [0.5, 0.6) is 0 Å². The molecule has 1 aromatic heterocycles. The standard InChI is InChI=1S/C15H17NO3/c1-2-19-15(18)13-9-6-10-16(13)14(11-17)12-7-4-3-5-8-12/h3-10,14,17H,2,11H2,1H3. The topological polar surface area (TPSA) is 51.5 Å². The van der Waals surface area contributed by atoms with Crippen molar-refractivity contribution in [2.24, 2.45) is 0 Å². The fraction of sp³-hybridized carbons (Fsp3) is 0.267. The molecule has 0 saturated heterocycles. The molecule has 1 N–H and O–H groups in total. The lowest BCUT2D eigenvalue weighted by Crippen LogP contribution is -2.20. The van der Waals surface area contributed by atoms with Crippen LogP contribution in [0.25, 0.3) is 0 Å². The number of esters is 1. The summed E-state index contributed by atoms with van der Waals surface area (Å²) in [7, 11) is 0. The zero-order chi connectivity index (χ0) is 13.7. The molecule has 0 aliphatic rings. The van der Waals surface area contributed by atoms with Crippen LogP contribution in [0.2, 0.25) is 0 Å².